The van der Waals surface area contributed by atoms with E-state index in [0.29, 0.717) is 12.2 Å². The standard InChI is InChI=1S/C15H14O3/c1-2-18-15(17)13-7-3-5-11(9-13)12-6-4-8-14(16)10-12/h3-10,16H,2H2,1H3. The van der Waals surface area contributed by atoms with Gasteiger partial charge in [-0.15, -0.1) is 0 Å². The SMILES string of the molecule is CCOC(=O)c1cccc(-c2cccc(O)c2)c1. The van der Waals surface area contributed by atoms with Crippen LogP contribution in [-0.4, -0.2) is 17.7 Å². The molecule has 0 spiro atoms. The van der Waals surface area contributed by atoms with Gasteiger partial charge in [0.25, 0.3) is 0 Å². The number of aromatic hydroxyl groups is 1. The van der Waals surface area contributed by atoms with Crippen LogP contribution in [-0.2, 0) is 4.74 Å². The van der Waals surface area contributed by atoms with Crippen LogP contribution >= 0.6 is 0 Å². The number of carbonyl (C=O) groups is 1. The summed E-state index contributed by atoms with van der Waals surface area (Å²) in [6.45, 7) is 2.13. The molecule has 92 valence electrons. The molecule has 2 aromatic carbocycles. The van der Waals surface area contributed by atoms with E-state index in [0.717, 1.165) is 11.1 Å². The second-order valence-corrected chi connectivity index (χ2v) is 3.85. The Balaban J connectivity index is 2.35. The lowest BCUT2D eigenvalue weighted by molar-refractivity contribution is 0.0526. The minimum absolute atomic E-state index is 0.203. The largest absolute Gasteiger partial charge is 0.508 e. The van der Waals surface area contributed by atoms with Crippen LogP contribution in [0, 0.1) is 0 Å². The number of phenolic OH excluding ortho intramolecular Hbond substituents is 1. The summed E-state index contributed by atoms with van der Waals surface area (Å²) in [5.74, 6) is -0.131. The first-order valence-corrected chi connectivity index (χ1v) is 5.77. The fourth-order valence-corrected chi connectivity index (χ4v) is 1.73. The van der Waals surface area contributed by atoms with Gasteiger partial charge in [0, 0.05) is 0 Å². The lowest BCUT2D eigenvalue weighted by Crippen LogP contribution is -2.04. The van der Waals surface area contributed by atoms with Gasteiger partial charge in [0.2, 0.25) is 0 Å². The van der Waals surface area contributed by atoms with E-state index in [2.05, 4.69) is 0 Å². The van der Waals surface area contributed by atoms with Gasteiger partial charge in [-0.3, -0.25) is 0 Å². The number of rotatable bonds is 3. The van der Waals surface area contributed by atoms with Crippen LogP contribution in [0.1, 0.15) is 17.3 Å². The predicted molar refractivity (Wildman–Crippen MR) is 69.5 cm³/mol. The van der Waals surface area contributed by atoms with Crippen LogP contribution in [0.3, 0.4) is 0 Å². The summed E-state index contributed by atoms with van der Waals surface area (Å²) in [7, 11) is 0. The van der Waals surface area contributed by atoms with Gasteiger partial charge < -0.3 is 9.84 Å². The molecule has 0 fully saturated rings. The first-order chi connectivity index (χ1) is 8.70. The Labute approximate surface area is 106 Å². The number of carbonyl (C=O) groups excluding carboxylic acids is 1. The Morgan fingerprint density at radius 1 is 1.11 bits per heavy atom. The van der Waals surface area contributed by atoms with Crippen molar-refractivity contribution in [2.75, 3.05) is 6.61 Å². The van der Waals surface area contributed by atoms with E-state index >= 15 is 0 Å². The van der Waals surface area contributed by atoms with Crippen molar-refractivity contribution < 1.29 is 14.6 Å². The highest BCUT2D eigenvalue weighted by molar-refractivity contribution is 5.91. The molecule has 2 aromatic rings. The number of ether oxygens (including phenoxy) is 1. The lowest BCUT2D eigenvalue weighted by Gasteiger charge is -2.05. The second-order valence-electron chi connectivity index (χ2n) is 3.85. The van der Waals surface area contributed by atoms with Gasteiger partial charge in [0.1, 0.15) is 5.75 Å². The molecular weight excluding hydrogens is 228 g/mol. The third kappa shape index (κ3) is 2.69. The Morgan fingerprint density at radius 2 is 1.78 bits per heavy atom. The normalized spacial score (nSPS) is 10.1. The summed E-state index contributed by atoms with van der Waals surface area (Å²) >= 11 is 0. The van der Waals surface area contributed by atoms with Crippen molar-refractivity contribution in [3.8, 4) is 16.9 Å². The number of phenols is 1. The maximum atomic E-state index is 11.6. The summed E-state index contributed by atoms with van der Waals surface area (Å²) < 4.78 is 4.95. The molecule has 1 N–H and O–H groups in total. The number of hydrogen-bond acceptors (Lipinski definition) is 3. The molecule has 2 rings (SSSR count). The van der Waals surface area contributed by atoms with Crippen LogP contribution in [0.25, 0.3) is 11.1 Å². The van der Waals surface area contributed by atoms with E-state index in [-0.39, 0.29) is 11.7 Å². The van der Waals surface area contributed by atoms with Crippen LogP contribution in [0.4, 0.5) is 0 Å². The van der Waals surface area contributed by atoms with Crippen LogP contribution in [0.2, 0.25) is 0 Å². The maximum Gasteiger partial charge on any atom is 0.338 e. The Bertz CT molecular complexity index is 561. The van der Waals surface area contributed by atoms with Gasteiger partial charge in [0.15, 0.2) is 0 Å². The fourth-order valence-electron chi connectivity index (χ4n) is 1.73. The molecule has 0 radical (unpaired) electrons. The summed E-state index contributed by atoms with van der Waals surface area (Å²) in [4.78, 5) is 11.6. The van der Waals surface area contributed by atoms with Crippen molar-refractivity contribution in [1.82, 2.24) is 0 Å². The van der Waals surface area contributed by atoms with Gasteiger partial charge in [-0.1, -0.05) is 24.3 Å². The Morgan fingerprint density at radius 3 is 2.44 bits per heavy atom. The first kappa shape index (κ1) is 12.2. The highest BCUT2D eigenvalue weighted by Crippen LogP contribution is 2.24. The van der Waals surface area contributed by atoms with Crippen LogP contribution in [0.15, 0.2) is 48.5 Å². The van der Waals surface area contributed by atoms with Crippen molar-refractivity contribution in [1.29, 1.82) is 0 Å². The molecule has 18 heavy (non-hydrogen) atoms. The molecule has 3 nitrogen and oxygen atoms in total. The molecule has 0 amide bonds. The molecule has 0 aliphatic heterocycles. The number of benzene rings is 2. The Hall–Kier alpha value is -2.29. The molecule has 0 atom stereocenters. The quantitative estimate of drug-likeness (QED) is 0.840. The topological polar surface area (TPSA) is 46.5 Å². The monoisotopic (exact) mass is 242 g/mol. The summed E-state index contributed by atoms with van der Waals surface area (Å²) in [5.41, 5.74) is 2.25. The van der Waals surface area contributed by atoms with Gasteiger partial charge in [-0.05, 0) is 42.3 Å². The van der Waals surface area contributed by atoms with Gasteiger partial charge in [-0.25, -0.2) is 4.79 Å². The van der Waals surface area contributed by atoms with Crippen LogP contribution < -0.4 is 0 Å². The van der Waals surface area contributed by atoms with E-state index in [1.165, 1.54) is 0 Å². The number of esters is 1. The fraction of sp³-hybridized carbons (Fsp3) is 0.133. The second kappa shape index (κ2) is 5.36. The average Bonchev–Trinajstić information content (AvgIpc) is 2.39. The molecule has 3 heteroatoms. The average molecular weight is 242 g/mol. The van der Waals surface area contributed by atoms with Crippen molar-refractivity contribution in [2.45, 2.75) is 6.92 Å². The van der Waals surface area contributed by atoms with E-state index in [9.17, 15) is 9.90 Å². The zero-order valence-electron chi connectivity index (χ0n) is 10.1. The summed E-state index contributed by atoms with van der Waals surface area (Å²) in [6.07, 6.45) is 0. The third-order valence-corrected chi connectivity index (χ3v) is 2.55. The third-order valence-electron chi connectivity index (χ3n) is 2.55. The van der Waals surface area contributed by atoms with E-state index in [1.807, 2.05) is 12.1 Å². The molecule has 0 aliphatic carbocycles. The molecular formula is C15H14O3. The van der Waals surface area contributed by atoms with Gasteiger partial charge in [-0.2, -0.15) is 0 Å². The van der Waals surface area contributed by atoms with Crippen molar-refractivity contribution >= 4 is 5.97 Å². The van der Waals surface area contributed by atoms with Gasteiger partial charge >= 0.3 is 5.97 Å². The molecule has 0 saturated carbocycles. The molecule has 0 unspecified atom stereocenters. The van der Waals surface area contributed by atoms with E-state index in [4.69, 9.17) is 4.74 Å². The summed E-state index contributed by atoms with van der Waals surface area (Å²) in [5, 5.41) is 9.45. The highest BCUT2D eigenvalue weighted by atomic mass is 16.5. The zero-order chi connectivity index (χ0) is 13.0. The molecule has 0 aliphatic rings. The smallest absolute Gasteiger partial charge is 0.338 e. The Kier molecular flexibility index (Phi) is 3.63. The minimum atomic E-state index is -0.334. The van der Waals surface area contributed by atoms with Crippen molar-refractivity contribution in [3.63, 3.8) is 0 Å². The zero-order valence-corrected chi connectivity index (χ0v) is 10.1. The first-order valence-electron chi connectivity index (χ1n) is 5.77. The van der Waals surface area contributed by atoms with E-state index < -0.39 is 0 Å². The molecule has 0 heterocycles. The van der Waals surface area contributed by atoms with Crippen molar-refractivity contribution in [3.05, 3.63) is 54.1 Å². The molecule has 0 saturated heterocycles. The highest BCUT2D eigenvalue weighted by Gasteiger charge is 2.07. The van der Waals surface area contributed by atoms with Gasteiger partial charge in [0.05, 0.1) is 12.2 Å². The molecule has 0 bridgehead atoms. The lowest BCUT2D eigenvalue weighted by atomic mass is 10.0. The van der Waals surface area contributed by atoms with Crippen molar-refractivity contribution in [2.24, 2.45) is 0 Å². The van der Waals surface area contributed by atoms with E-state index in [1.54, 1.807) is 43.3 Å². The summed E-state index contributed by atoms with van der Waals surface area (Å²) in [6, 6.07) is 14.1. The minimum Gasteiger partial charge on any atom is -0.508 e. The number of hydrogen-bond donors (Lipinski definition) is 1. The predicted octanol–water partition coefficient (Wildman–Crippen LogP) is 3.24. The molecule has 0 aromatic heterocycles. The maximum absolute atomic E-state index is 11.6. The van der Waals surface area contributed by atoms with Crippen LogP contribution in [0.5, 0.6) is 5.75 Å².